The number of phenols is 1. The number of allylic oxidation sites excluding steroid dienone is 1. The number of H-pyrrole nitrogens is 1. The van der Waals surface area contributed by atoms with E-state index in [1.165, 1.54) is 0 Å². The van der Waals surface area contributed by atoms with Crippen LogP contribution < -0.4 is 10.3 Å². The van der Waals surface area contributed by atoms with E-state index in [0.717, 1.165) is 54.9 Å². The van der Waals surface area contributed by atoms with Crippen molar-refractivity contribution in [3.63, 3.8) is 0 Å². The Bertz CT molecular complexity index is 1140. The molecule has 32 heavy (non-hydrogen) atoms. The van der Waals surface area contributed by atoms with Crippen molar-refractivity contribution in [2.24, 2.45) is 0 Å². The second kappa shape index (κ2) is 9.78. The number of aromatic hydroxyl groups is 1. The molecule has 7 heteroatoms. The topological polar surface area (TPSA) is 91.3 Å². The zero-order valence-corrected chi connectivity index (χ0v) is 18.3. The van der Waals surface area contributed by atoms with Gasteiger partial charge in [-0.15, -0.1) is 6.58 Å². The molecule has 1 aliphatic heterocycles. The molecule has 7 nitrogen and oxygen atoms in total. The highest BCUT2D eigenvalue weighted by Crippen LogP contribution is 2.33. The summed E-state index contributed by atoms with van der Waals surface area (Å²) in [5, 5.41) is 10.4. The number of piperidine rings is 1. The van der Waals surface area contributed by atoms with E-state index in [0.29, 0.717) is 18.0 Å². The zero-order chi connectivity index (χ0) is 22.5. The fourth-order valence-electron chi connectivity index (χ4n) is 4.32. The average Bonchev–Trinajstić information content (AvgIpc) is 2.81. The summed E-state index contributed by atoms with van der Waals surface area (Å²) in [5.74, 6) is 1.40. The van der Waals surface area contributed by atoms with Crippen LogP contribution in [0.25, 0.3) is 11.4 Å². The number of ether oxygens (including phenoxy) is 1. The molecule has 2 aromatic heterocycles. The minimum atomic E-state index is -0.142. The lowest BCUT2D eigenvalue weighted by molar-refractivity contribution is 0.198. The standard InChI is InChI=1S/C25H28N4O3/c1-3-5-19-12-17(13-22(32-2)24(19)31)15-29-11-4-6-20(16-29)21-14-23(30)28-25(27-21)18-7-9-26-10-8-18/h3,7-10,12-14,20,31H,1,4-6,11,15-16H2,2H3,(H,27,28,30)/t20-/m1/s1. The van der Waals surface area contributed by atoms with Gasteiger partial charge in [-0.05, 0) is 49.6 Å². The van der Waals surface area contributed by atoms with Gasteiger partial charge in [0.05, 0.1) is 12.8 Å². The first-order chi connectivity index (χ1) is 15.6. The van der Waals surface area contributed by atoms with Gasteiger partial charge in [-0.1, -0.05) is 12.1 Å². The van der Waals surface area contributed by atoms with Crippen LogP contribution in [0.3, 0.4) is 0 Å². The highest BCUT2D eigenvalue weighted by Gasteiger charge is 2.24. The van der Waals surface area contributed by atoms with Crippen LogP contribution >= 0.6 is 0 Å². The number of hydrogen-bond acceptors (Lipinski definition) is 6. The van der Waals surface area contributed by atoms with E-state index in [1.807, 2.05) is 24.3 Å². The Labute approximate surface area is 187 Å². The number of nitrogens with zero attached hydrogens (tertiary/aromatic N) is 3. The second-order valence-corrected chi connectivity index (χ2v) is 8.13. The van der Waals surface area contributed by atoms with Crippen LogP contribution in [-0.4, -0.2) is 45.2 Å². The molecule has 0 amide bonds. The Morgan fingerprint density at radius 3 is 2.88 bits per heavy atom. The second-order valence-electron chi connectivity index (χ2n) is 8.13. The minimum absolute atomic E-state index is 0.142. The highest BCUT2D eigenvalue weighted by molar-refractivity contribution is 5.53. The molecule has 3 heterocycles. The number of likely N-dealkylation sites (tertiary alicyclic amines) is 1. The Hall–Kier alpha value is -3.45. The summed E-state index contributed by atoms with van der Waals surface area (Å²) >= 11 is 0. The Morgan fingerprint density at radius 1 is 1.31 bits per heavy atom. The lowest BCUT2D eigenvalue weighted by Crippen LogP contribution is -2.34. The van der Waals surface area contributed by atoms with Gasteiger partial charge in [-0.3, -0.25) is 14.7 Å². The van der Waals surface area contributed by atoms with Crippen molar-refractivity contribution >= 4 is 0 Å². The molecular weight excluding hydrogens is 404 g/mol. The third kappa shape index (κ3) is 4.89. The Balaban J connectivity index is 1.55. The van der Waals surface area contributed by atoms with Gasteiger partial charge in [0.2, 0.25) is 0 Å². The molecule has 1 saturated heterocycles. The van der Waals surface area contributed by atoms with Gasteiger partial charge in [-0.2, -0.15) is 0 Å². The Kier molecular flexibility index (Phi) is 6.66. The molecular formula is C25H28N4O3. The molecule has 0 spiro atoms. The summed E-state index contributed by atoms with van der Waals surface area (Å²) < 4.78 is 5.37. The van der Waals surface area contributed by atoms with E-state index in [1.54, 1.807) is 31.6 Å². The molecule has 0 aliphatic carbocycles. The largest absolute Gasteiger partial charge is 0.504 e. The van der Waals surface area contributed by atoms with Crippen molar-refractivity contribution in [2.75, 3.05) is 20.2 Å². The number of aromatic nitrogens is 3. The van der Waals surface area contributed by atoms with Crippen molar-refractivity contribution in [1.82, 2.24) is 19.9 Å². The fourth-order valence-corrected chi connectivity index (χ4v) is 4.32. The predicted molar refractivity (Wildman–Crippen MR) is 124 cm³/mol. The monoisotopic (exact) mass is 432 g/mol. The summed E-state index contributed by atoms with van der Waals surface area (Å²) in [6, 6.07) is 9.20. The normalized spacial score (nSPS) is 16.6. The molecule has 0 radical (unpaired) electrons. The number of nitrogens with one attached hydrogen (secondary N) is 1. The van der Waals surface area contributed by atoms with Crippen molar-refractivity contribution in [2.45, 2.75) is 31.7 Å². The Morgan fingerprint density at radius 2 is 2.12 bits per heavy atom. The molecule has 0 unspecified atom stereocenters. The van der Waals surface area contributed by atoms with Crippen molar-refractivity contribution in [1.29, 1.82) is 0 Å². The summed E-state index contributed by atoms with van der Waals surface area (Å²) in [4.78, 5) is 26.3. The molecule has 1 aliphatic rings. The van der Waals surface area contributed by atoms with Gasteiger partial charge in [0.15, 0.2) is 11.5 Å². The van der Waals surface area contributed by atoms with Gasteiger partial charge in [-0.25, -0.2) is 4.98 Å². The quantitative estimate of drug-likeness (QED) is 0.554. The summed E-state index contributed by atoms with van der Waals surface area (Å²) in [5.41, 5.74) is 3.41. The van der Waals surface area contributed by atoms with Gasteiger partial charge >= 0.3 is 0 Å². The average molecular weight is 433 g/mol. The predicted octanol–water partition coefficient (Wildman–Crippen LogP) is 3.65. The van der Waals surface area contributed by atoms with Gasteiger partial charge in [0.1, 0.15) is 5.82 Å². The van der Waals surface area contributed by atoms with E-state index in [4.69, 9.17) is 9.72 Å². The fraction of sp³-hybridized carbons (Fsp3) is 0.320. The van der Waals surface area contributed by atoms with Crippen molar-refractivity contribution < 1.29 is 9.84 Å². The maximum Gasteiger partial charge on any atom is 0.251 e. The highest BCUT2D eigenvalue weighted by atomic mass is 16.5. The van der Waals surface area contributed by atoms with E-state index in [-0.39, 0.29) is 17.2 Å². The summed E-state index contributed by atoms with van der Waals surface area (Å²) in [6.07, 6.45) is 7.75. The number of methoxy groups -OCH3 is 1. The van der Waals surface area contributed by atoms with Crippen LogP contribution in [0, 0.1) is 0 Å². The molecule has 2 N–H and O–H groups in total. The van der Waals surface area contributed by atoms with E-state index >= 15 is 0 Å². The van der Waals surface area contributed by atoms with E-state index in [9.17, 15) is 9.90 Å². The molecule has 0 saturated carbocycles. The lowest BCUT2D eigenvalue weighted by atomic mass is 9.93. The molecule has 166 valence electrons. The van der Waals surface area contributed by atoms with Gasteiger partial charge in [0, 0.05) is 48.6 Å². The first-order valence-electron chi connectivity index (χ1n) is 10.8. The van der Waals surface area contributed by atoms with Gasteiger partial charge in [0.25, 0.3) is 5.56 Å². The third-order valence-electron chi connectivity index (χ3n) is 5.84. The number of phenolic OH excluding ortho intramolecular Hbond substituents is 1. The van der Waals surface area contributed by atoms with E-state index in [2.05, 4.69) is 21.4 Å². The van der Waals surface area contributed by atoms with Crippen LogP contribution in [0.5, 0.6) is 11.5 Å². The first-order valence-corrected chi connectivity index (χ1v) is 10.8. The maximum absolute atomic E-state index is 12.3. The number of benzene rings is 1. The maximum atomic E-state index is 12.3. The number of hydrogen-bond donors (Lipinski definition) is 2. The zero-order valence-electron chi connectivity index (χ0n) is 18.3. The third-order valence-corrected chi connectivity index (χ3v) is 5.84. The minimum Gasteiger partial charge on any atom is -0.504 e. The number of pyridine rings is 1. The summed E-state index contributed by atoms with van der Waals surface area (Å²) in [7, 11) is 1.56. The molecule has 0 bridgehead atoms. The van der Waals surface area contributed by atoms with Gasteiger partial charge < -0.3 is 14.8 Å². The van der Waals surface area contributed by atoms with Crippen LogP contribution in [0.2, 0.25) is 0 Å². The molecule has 3 aromatic rings. The van der Waals surface area contributed by atoms with Crippen molar-refractivity contribution in [3.05, 3.63) is 82.6 Å². The molecule has 1 aromatic carbocycles. The smallest absolute Gasteiger partial charge is 0.251 e. The molecule has 1 fully saturated rings. The van der Waals surface area contributed by atoms with Crippen molar-refractivity contribution in [3.8, 4) is 22.9 Å². The van der Waals surface area contributed by atoms with Crippen LogP contribution in [0.4, 0.5) is 0 Å². The van der Waals surface area contributed by atoms with E-state index < -0.39 is 0 Å². The van der Waals surface area contributed by atoms with Crippen LogP contribution in [0.15, 0.2) is 60.2 Å². The van der Waals surface area contributed by atoms with Crippen LogP contribution in [-0.2, 0) is 13.0 Å². The summed E-state index contributed by atoms with van der Waals surface area (Å²) in [6.45, 7) is 6.29. The SMILES string of the molecule is C=CCc1cc(CN2CCC[C@@H](c3cc(=O)[nH]c(-c4ccncc4)n3)C2)cc(OC)c1O. The lowest BCUT2D eigenvalue weighted by Gasteiger charge is -2.32. The first kappa shape index (κ1) is 21.8. The molecule has 1 atom stereocenters. The number of rotatable bonds is 7. The number of aromatic amines is 1. The molecule has 4 rings (SSSR count). The van der Waals surface area contributed by atoms with Crippen LogP contribution in [0.1, 0.15) is 35.6 Å².